The van der Waals surface area contributed by atoms with Crippen molar-refractivity contribution < 1.29 is 0 Å². The standard InChI is InChI=1S/C15H12N6/c16-15-19-13(11-8-18-21-14(11)20-15)7-9-5-6-17-12-4-2-1-3-10(9)12/h1-6,8H,7H2,(H3,16,18,19,20,21). The molecule has 0 unspecified atom stereocenters. The lowest BCUT2D eigenvalue weighted by molar-refractivity contribution is 1.06. The van der Waals surface area contributed by atoms with E-state index in [-0.39, 0.29) is 5.95 Å². The number of H-pyrrole nitrogens is 1. The third kappa shape index (κ3) is 1.97. The first-order valence-electron chi connectivity index (χ1n) is 6.59. The van der Waals surface area contributed by atoms with Crippen molar-refractivity contribution in [2.45, 2.75) is 6.42 Å². The van der Waals surface area contributed by atoms with Crippen LogP contribution < -0.4 is 5.73 Å². The SMILES string of the molecule is Nc1nc(Cc2ccnc3ccccc23)c2cn[nH]c2n1. The fourth-order valence-corrected chi connectivity index (χ4v) is 2.54. The van der Waals surface area contributed by atoms with Crippen molar-refractivity contribution in [1.29, 1.82) is 0 Å². The molecule has 102 valence electrons. The molecule has 0 atom stereocenters. The predicted molar refractivity (Wildman–Crippen MR) is 80.6 cm³/mol. The first-order chi connectivity index (χ1) is 10.3. The summed E-state index contributed by atoms with van der Waals surface area (Å²) >= 11 is 0. The minimum Gasteiger partial charge on any atom is -0.368 e. The van der Waals surface area contributed by atoms with Gasteiger partial charge in [-0.3, -0.25) is 10.1 Å². The number of hydrogen-bond acceptors (Lipinski definition) is 5. The number of benzene rings is 1. The van der Waals surface area contributed by atoms with Crippen LogP contribution in [-0.4, -0.2) is 25.1 Å². The van der Waals surface area contributed by atoms with Crippen LogP contribution >= 0.6 is 0 Å². The van der Waals surface area contributed by atoms with Crippen LogP contribution in [0.25, 0.3) is 21.9 Å². The lowest BCUT2D eigenvalue weighted by atomic mass is 10.0. The van der Waals surface area contributed by atoms with E-state index in [0.29, 0.717) is 12.1 Å². The summed E-state index contributed by atoms with van der Waals surface area (Å²) < 4.78 is 0. The molecule has 3 aromatic heterocycles. The smallest absolute Gasteiger partial charge is 0.222 e. The van der Waals surface area contributed by atoms with Gasteiger partial charge in [0.2, 0.25) is 5.95 Å². The molecule has 4 rings (SSSR count). The predicted octanol–water partition coefficient (Wildman–Crippen LogP) is 2.07. The summed E-state index contributed by atoms with van der Waals surface area (Å²) in [5.41, 5.74) is 9.42. The van der Waals surface area contributed by atoms with Crippen LogP contribution in [0.4, 0.5) is 5.95 Å². The van der Waals surface area contributed by atoms with E-state index in [4.69, 9.17) is 5.73 Å². The van der Waals surface area contributed by atoms with Crippen LogP contribution in [0.5, 0.6) is 0 Å². The number of nitrogens with two attached hydrogens (primary N) is 1. The zero-order chi connectivity index (χ0) is 14.2. The molecule has 6 heteroatoms. The van der Waals surface area contributed by atoms with Crippen molar-refractivity contribution in [2.24, 2.45) is 0 Å². The molecule has 6 nitrogen and oxygen atoms in total. The van der Waals surface area contributed by atoms with Crippen molar-refractivity contribution in [3.8, 4) is 0 Å². The first kappa shape index (κ1) is 11.8. The number of aromatic amines is 1. The van der Waals surface area contributed by atoms with Crippen LogP contribution in [0.1, 0.15) is 11.3 Å². The molecule has 0 radical (unpaired) electrons. The van der Waals surface area contributed by atoms with Gasteiger partial charge >= 0.3 is 0 Å². The van der Waals surface area contributed by atoms with Crippen molar-refractivity contribution >= 4 is 27.9 Å². The Kier molecular flexibility index (Phi) is 2.53. The molecule has 0 saturated heterocycles. The number of nitrogen functional groups attached to an aromatic ring is 1. The Morgan fingerprint density at radius 1 is 1.05 bits per heavy atom. The van der Waals surface area contributed by atoms with Crippen LogP contribution in [0.2, 0.25) is 0 Å². The number of aromatic nitrogens is 5. The summed E-state index contributed by atoms with van der Waals surface area (Å²) in [6, 6.07) is 10.1. The summed E-state index contributed by atoms with van der Waals surface area (Å²) in [6.07, 6.45) is 4.20. The molecule has 0 amide bonds. The summed E-state index contributed by atoms with van der Waals surface area (Å²) in [6.45, 7) is 0. The van der Waals surface area contributed by atoms with Gasteiger partial charge in [0, 0.05) is 18.0 Å². The van der Waals surface area contributed by atoms with Gasteiger partial charge in [-0.05, 0) is 17.7 Å². The Morgan fingerprint density at radius 2 is 1.95 bits per heavy atom. The molecule has 0 saturated carbocycles. The first-order valence-corrected chi connectivity index (χ1v) is 6.59. The summed E-state index contributed by atoms with van der Waals surface area (Å²) in [5, 5.41) is 8.85. The second-order valence-corrected chi connectivity index (χ2v) is 4.82. The van der Waals surface area contributed by atoms with Crippen LogP contribution in [-0.2, 0) is 6.42 Å². The number of pyridine rings is 1. The minimum absolute atomic E-state index is 0.250. The van der Waals surface area contributed by atoms with Gasteiger partial charge in [-0.15, -0.1) is 0 Å². The van der Waals surface area contributed by atoms with Gasteiger partial charge in [0.15, 0.2) is 5.65 Å². The van der Waals surface area contributed by atoms with E-state index in [1.807, 2.05) is 30.5 Å². The summed E-state index contributed by atoms with van der Waals surface area (Å²) in [5.74, 6) is 0.250. The Morgan fingerprint density at radius 3 is 2.90 bits per heavy atom. The van der Waals surface area contributed by atoms with Crippen LogP contribution in [0, 0.1) is 0 Å². The van der Waals surface area contributed by atoms with Gasteiger partial charge < -0.3 is 5.73 Å². The van der Waals surface area contributed by atoms with Gasteiger partial charge in [-0.2, -0.15) is 10.1 Å². The topological polar surface area (TPSA) is 93.4 Å². The fourth-order valence-electron chi connectivity index (χ4n) is 2.54. The van der Waals surface area contributed by atoms with Crippen molar-refractivity contribution in [2.75, 3.05) is 5.73 Å². The lowest BCUT2D eigenvalue weighted by Gasteiger charge is -2.07. The normalized spacial score (nSPS) is 11.2. The molecule has 3 heterocycles. The van der Waals surface area contributed by atoms with Gasteiger partial charge in [0.1, 0.15) is 0 Å². The Labute approximate surface area is 120 Å². The molecule has 21 heavy (non-hydrogen) atoms. The number of anilines is 1. The number of nitrogens with zero attached hydrogens (tertiary/aromatic N) is 4. The van der Waals surface area contributed by atoms with E-state index >= 15 is 0 Å². The van der Waals surface area contributed by atoms with Crippen LogP contribution in [0.15, 0.2) is 42.7 Å². The minimum atomic E-state index is 0.250. The highest BCUT2D eigenvalue weighted by molar-refractivity contribution is 5.83. The molecule has 0 fully saturated rings. The molecule has 1 aromatic carbocycles. The van der Waals surface area contributed by atoms with Crippen molar-refractivity contribution in [3.05, 3.63) is 54.0 Å². The molecule has 0 aliphatic heterocycles. The van der Waals surface area contributed by atoms with Gasteiger partial charge in [-0.1, -0.05) is 18.2 Å². The largest absolute Gasteiger partial charge is 0.368 e. The van der Waals surface area contributed by atoms with E-state index in [9.17, 15) is 0 Å². The molecule has 0 bridgehead atoms. The highest BCUT2D eigenvalue weighted by atomic mass is 15.2. The quantitative estimate of drug-likeness (QED) is 0.584. The maximum atomic E-state index is 5.77. The van der Waals surface area contributed by atoms with Crippen molar-refractivity contribution in [3.63, 3.8) is 0 Å². The maximum absolute atomic E-state index is 5.77. The third-order valence-corrected chi connectivity index (χ3v) is 3.50. The number of para-hydroxylation sites is 1. The molecule has 0 aliphatic carbocycles. The second-order valence-electron chi connectivity index (χ2n) is 4.82. The van der Waals surface area contributed by atoms with Crippen molar-refractivity contribution in [1.82, 2.24) is 25.1 Å². The van der Waals surface area contributed by atoms with Crippen LogP contribution in [0.3, 0.4) is 0 Å². The Hall–Kier alpha value is -3.02. The van der Waals surface area contributed by atoms with Gasteiger partial charge in [-0.25, -0.2) is 4.98 Å². The van der Waals surface area contributed by atoms with Gasteiger partial charge in [0.25, 0.3) is 0 Å². The highest BCUT2D eigenvalue weighted by Gasteiger charge is 2.10. The fraction of sp³-hybridized carbons (Fsp3) is 0.0667. The number of rotatable bonds is 2. The Bertz CT molecular complexity index is 938. The van der Waals surface area contributed by atoms with E-state index in [0.717, 1.165) is 27.5 Å². The summed E-state index contributed by atoms with van der Waals surface area (Å²) in [4.78, 5) is 12.9. The van der Waals surface area contributed by atoms with Gasteiger partial charge in [0.05, 0.1) is 22.8 Å². The molecule has 0 spiro atoms. The van der Waals surface area contributed by atoms with E-state index < -0.39 is 0 Å². The molecule has 4 aromatic rings. The maximum Gasteiger partial charge on any atom is 0.222 e. The second kappa shape index (κ2) is 4.52. The number of nitrogens with one attached hydrogen (secondary N) is 1. The van der Waals surface area contributed by atoms with E-state index in [1.165, 1.54) is 0 Å². The molecular formula is C15H12N6. The summed E-state index contributed by atoms with van der Waals surface area (Å²) in [7, 11) is 0. The average molecular weight is 276 g/mol. The third-order valence-electron chi connectivity index (χ3n) is 3.50. The zero-order valence-corrected chi connectivity index (χ0v) is 11.1. The monoisotopic (exact) mass is 276 g/mol. The molecular weight excluding hydrogens is 264 g/mol. The zero-order valence-electron chi connectivity index (χ0n) is 11.1. The van der Waals surface area contributed by atoms with E-state index in [2.05, 4.69) is 31.2 Å². The number of hydrogen-bond donors (Lipinski definition) is 2. The van der Waals surface area contributed by atoms with E-state index in [1.54, 1.807) is 6.20 Å². The molecule has 0 aliphatic rings. The average Bonchev–Trinajstić information content (AvgIpc) is 2.96. The number of fused-ring (bicyclic) bond motifs is 2. The molecule has 3 N–H and O–H groups in total. The Balaban J connectivity index is 1.89. The lowest BCUT2D eigenvalue weighted by Crippen LogP contribution is -2.01. The highest BCUT2D eigenvalue weighted by Crippen LogP contribution is 2.22.